The SMILES string of the molecule is c1ccc(-c2cc(-c3ccccc3)cc(-c3cccc(-c4ccc5c(c4)c4ccccc4n5-c4ccc(-c5ccc(CC(c6cccc(-c7cc(-c8cccc9ccccc89)cc(-c8cccc9ccccc89)c7)c6)c6cccc(-c7cc(-c8cccc9ccccc89)cc(-c8cccc9ccccc89)c7)c6)cc5)cc4)c3)c2)cc1. The van der Waals surface area contributed by atoms with E-state index in [9.17, 15) is 0 Å². The van der Waals surface area contributed by atoms with E-state index in [1.54, 1.807) is 0 Å². The van der Waals surface area contributed by atoms with E-state index < -0.39 is 0 Å². The normalized spacial score (nSPS) is 11.6. The van der Waals surface area contributed by atoms with Gasteiger partial charge in [-0.3, -0.25) is 0 Å². The first kappa shape index (κ1) is 68.3. The number of hydrogen-bond acceptors (Lipinski definition) is 0. The highest BCUT2D eigenvalue weighted by atomic mass is 15.0. The third-order valence-electron chi connectivity index (χ3n) is 23.7. The predicted octanol–water partition coefficient (Wildman–Crippen LogP) is 31.1. The van der Waals surface area contributed by atoms with E-state index in [0.717, 1.165) is 12.1 Å². The Bertz CT molecular complexity index is 6760. The average Bonchev–Trinajstić information content (AvgIpc) is 1.65. The Morgan fingerprint density at radius 3 is 0.887 bits per heavy atom. The van der Waals surface area contributed by atoms with Gasteiger partial charge in [0.15, 0.2) is 0 Å². The van der Waals surface area contributed by atoms with Gasteiger partial charge in [0.05, 0.1) is 11.0 Å². The van der Waals surface area contributed by atoms with Crippen molar-refractivity contribution >= 4 is 64.9 Å². The zero-order valence-electron chi connectivity index (χ0n) is 63.5. The van der Waals surface area contributed by atoms with E-state index in [0.29, 0.717) is 0 Å². The largest absolute Gasteiger partial charge is 0.309 e. The molecule has 538 valence electrons. The summed E-state index contributed by atoms with van der Waals surface area (Å²) in [6, 6.07) is 167. The summed E-state index contributed by atoms with van der Waals surface area (Å²) in [7, 11) is 0. The maximum atomic E-state index is 2.48. The molecule has 0 spiro atoms. The number of rotatable bonds is 16. The van der Waals surface area contributed by atoms with Crippen molar-refractivity contribution in [1.82, 2.24) is 4.57 Å². The first-order chi connectivity index (χ1) is 56.9. The Hall–Kier alpha value is -14.8. The van der Waals surface area contributed by atoms with E-state index in [1.165, 1.54) is 204 Å². The molecule has 0 radical (unpaired) electrons. The van der Waals surface area contributed by atoms with Crippen LogP contribution in [-0.4, -0.2) is 4.57 Å². The molecule has 1 heteroatoms. The van der Waals surface area contributed by atoms with Crippen molar-refractivity contribution in [3.8, 4) is 128 Å². The first-order valence-electron chi connectivity index (χ1n) is 40.0. The van der Waals surface area contributed by atoms with E-state index in [-0.39, 0.29) is 5.92 Å². The van der Waals surface area contributed by atoms with Crippen molar-refractivity contribution in [1.29, 1.82) is 0 Å². The Morgan fingerprint density at radius 2 is 0.443 bits per heavy atom. The molecule has 1 aromatic heterocycles. The average molecular weight is 1460 g/mol. The summed E-state index contributed by atoms with van der Waals surface area (Å²) in [5.41, 5.74) is 33.5. The van der Waals surface area contributed by atoms with Crippen LogP contribution in [-0.2, 0) is 6.42 Å². The fourth-order valence-electron chi connectivity index (χ4n) is 18.0. The molecule has 0 aliphatic carbocycles. The minimum atomic E-state index is -0.0215. The van der Waals surface area contributed by atoms with Crippen LogP contribution >= 0.6 is 0 Å². The number of fused-ring (bicyclic) bond motifs is 7. The summed E-state index contributed by atoms with van der Waals surface area (Å²) in [5, 5.41) is 12.3. The van der Waals surface area contributed by atoms with Crippen molar-refractivity contribution in [2.45, 2.75) is 12.3 Å². The lowest BCUT2D eigenvalue weighted by Gasteiger charge is -2.21. The monoisotopic (exact) mass is 1460 g/mol. The molecule has 1 nitrogen and oxygen atoms in total. The fraction of sp³-hybridized carbons (Fsp3) is 0.0175. The van der Waals surface area contributed by atoms with Gasteiger partial charge in [0.1, 0.15) is 0 Å². The lowest BCUT2D eigenvalue weighted by Crippen LogP contribution is -2.06. The maximum Gasteiger partial charge on any atom is 0.0541 e. The summed E-state index contributed by atoms with van der Waals surface area (Å²) >= 11 is 0. The van der Waals surface area contributed by atoms with Gasteiger partial charge in [-0.2, -0.15) is 0 Å². The van der Waals surface area contributed by atoms with Gasteiger partial charge in [0.25, 0.3) is 0 Å². The lowest BCUT2D eigenvalue weighted by atomic mass is 9.82. The molecule has 20 aromatic carbocycles. The van der Waals surface area contributed by atoms with Gasteiger partial charge in [-0.25, -0.2) is 0 Å². The highest BCUT2D eigenvalue weighted by Gasteiger charge is 2.22. The van der Waals surface area contributed by atoms with E-state index >= 15 is 0 Å². The van der Waals surface area contributed by atoms with Crippen molar-refractivity contribution in [2.75, 3.05) is 0 Å². The van der Waals surface area contributed by atoms with Crippen LogP contribution in [0.15, 0.2) is 449 Å². The molecule has 0 amide bonds. The Kier molecular flexibility index (Phi) is 17.5. The van der Waals surface area contributed by atoms with Crippen LogP contribution in [0.5, 0.6) is 0 Å². The second kappa shape index (κ2) is 29.5. The smallest absolute Gasteiger partial charge is 0.0541 e. The van der Waals surface area contributed by atoms with Gasteiger partial charge in [-0.15, -0.1) is 0 Å². The van der Waals surface area contributed by atoms with Crippen LogP contribution in [0.1, 0.15) is 22.6 Å². The van der Waals surface area contributed by atoms with Gasteiger partial charge in [-0.1, -0.05) is 358 Å². The molecule has 0 N–H and O–H groups in total. The lowest BCUT2D eigenvalue weighted by molar-refractivity contribution is 0.806. The molecule has 0 atom stereocenters. The van der Waals surface area contributed by atoms with Crippen LogP contribution < -0.4 is 0 Å². The summed E-state index contributed by atoms with van der Waals surface area (Å²) in [4.78, 5) is 0. The molecule has 0 aliphatic rings. The molecule has 1 heterocycles. The Balaban J connectivity index is 0.642. The summed E-state index contributed by atoms with van der Waals surface area (Å²) < 4.78 is 2.43. The van der Waals surface area contributed by atoms with Crippen LogP contribution in [0.4, 0.5) is 0 Å². The number of hydrogen-bond donors (Lipinski definition) is 0. The van der Waals surface area contributed by atoms with Gasteiger partial charge in [0.2, 0.25) is 0 Å². The molecule has 115 heavy (non-hydrogen) atoms. The molecular formula is C114H77N. The molecule has 0 saturated heterocycles. The highest BCUT2D eigenvalue weighted by molar-refractivity contribution is 6.11. The molecule has 0 unspecified atom stereocenters. The predicted molar refractivity (Wildman–Crippen MR) is 489 cm³/mol. The summed E-state index contributed by atoms with van der Waals surface area (Å²) in [6.45, 7) is 0. The minimum absolute atomic E-state index is 0.0215. The molecule has 0 saturated carbocycles. The third-order valence-corrected chi connectivity index (χ3v) is 23.7. The number of nitrogens with zero attached hydrogens (tertiary/aromatic N) is 1. The highest BCUT2D eigenvalue weighted by Crippen LogP contribution is 2.45. The van der Waals surface area contributed by atoms with Crippen molar-refractivity contribution < 1.29 is 0 Å². The zero-order valence-corrected chi connectivity index (χ0v) is 63.5. The minimum Gasteiger partial charge on any atom is -0.309 e. The van der Waals surface area contributed by atoms with E-state index in [2.05, 4.69) is 453 Å². The molecule has 0 aliphatic heterocycles. The van der Waals surface area contributed by atoms with Gasteiger partial charge < -0.3 is 4.57 Å². The van der Waals surface area contributed by atoms with Crippen LogP contribution in [0.25, 0.3) is 193 Å². The molecular weight excluding hydrogens is 1380 g/mol. The summed E-state index contributed by atoms with van der Waals surface area (Å²) in [5.74, 6) is -0.0215. The van der Waals surface area contributed by atoms with Crippen molar-refractivity contribution in [3.63, 3.8) is 0 Å². The number of benzene rings is 20. The number of aromatic nitrogens is 1. The van der Waals surface area contributed by atoms with E-state index in [4.69, 9.17) is 0 Å². The second-order valence-corrected chi connectivity index (χ2v) is 30.7. The molecule has 0 fully saturated rings. The first-order valence-corrected chi connectivity index (χ1v) is 40.0. The quantitative estimate of drug-likeness (QED) is 0.0909. The third kappa shape index (κ3) is 13.1. The standard InChI is InChI=1S/C114H77N/c1-3-24-77(25-4-1)92-66-93(78-26-5-2-6-27-78)68-94(67-92)86-37-17-36-85(63-86)89-58-61-114-112(75-89)110-46-15-16-51-113(110)115(114)101-59-56-80(57-60-101)79-54-52-76(53-55-79)62-111(90-40-18-38-87(64-90)95-69-97(106-47-20-32-81-28-7-11-42-102(81)106)73-98(70-95)107-48-21-33-82-29-8-12-43-103(82)107)91-41-19-39-88(65-91)96-71-99(108-49-22-34-83-30-9-13-44-104(83)108)74-100(72-96)109-50-23-35-84-31-10-14-45-105(84)109/h1-61,63-75,111H,62H2. The van der Waals surface area contributed by atoms with Crippen LogP contribution in [0.3, 0.4) is 0 Å². The van der Waals surface area contributed by atoms with E-state index in [1.807, 2.05) is 0 Å². The molecule has 0 bridgehead atoms. The van der Waals surface area contributed by atoms with Crippen molar-refractivity contribution in [2.24, 2.45) is 0 Å². The number of para-hydroxylation sites is 1. The topological polar surface area (TPSA) is 4.93 Å². The Morgan fingerprint density at radius 1 is 0.165 bits per heavy atom. The van der Waals surface area contributed by atoms with Gasteiger partial charge in [-0.05, 0) is 280 Å². The van der Waals surface area contributed by atoms with Crippen molar-refractivity contribution in [3.05, 3.63) is 466 Å². The fourth-order valence-corrected chi connectivity index (χ4v) is 18.0. The molecule has 21 aromatic rings. The van der Waals surface area contributed by atoms with Crippen LogP contribution in [0, 0.1) is 0 Å². The zero-order chi connectivity index (χ0) is 76.1. The maximum absolute atomic E-state index is 2.48. The molecule has 21 rings (SSSR count). The Labute approximate surface area is 670 Å². The second-order valence-electron chi connectivity index (χ2n) is 30.7. The van der Waals surface area contributed by atoms with Crippen LogP contribution in [0.2, 0.25) is 0 Å². The van der Waals surface area contributed by atoms with Gasteiger partial charge in [0, 0.05) is 22.4 Å². The van der Waals surface area contributed by atoms with Gasteiger partial charge >= 0.3 is 0 Å². The summed E-state index contributed by atoms with van der Waals surface area (Å²) in [6.07, 6.45) is 0.778.